The molecule has 0 atom stereocenters. The fourth-order valence-electron chi connectivity index (χ4n) is 2.49. The second-order valence-electron chi connectivity index (χ2n) is 5.03. The third-order valence-electron chi connectivity index (χ3n) is 3.51. The van der Waals surface area contributed by atoms with Crippen LogP contribution >= 0.6 is 0 Å². The normalized spacial score (nSPS) is 13.0. The molecule has 0 fully saturated rings. The van der Waals surface area contributed by atoms with E-state index in [-0.39, 0.29) is 0 Å². The van der Waals surface area contributed by atoms with Gasteiger partial charge in [-0.1, -0.05) is 18.2 Å². The molecular weight excluding hydrogens is 248 g/mol. The van der Waals surface area contributed by atoms with Crippen LogP contribution in [0.2, 0.25) is 0 Å². The van der Waals surface area contributed by atoms with Gasteiger partial charge in [0.25, 0.3) is 0 Å². The molecule has 1 heterocycles. The summed E-state index contributed by atoms with van der Waals surface area (Å²) in [7, 11) is 0. The summed E-state index contributed by atoms with van der Waals surface area (Å²) in [5, 5.41) is 12.6. The lowest BCUT2D eigenvalue weighted by molar-refractivity contribution is 0.481. The molecule has 1 N–H and O–H groups in total. The van der Waals surface area contributed by atoms with Crippen molar-refractivity contribution < 1.29 is 4.74 Å². The van der Waals surface area contributed by atoms with Crippen LogP contribution in [0, 0.1) is 18.3 Å². The molecule has 0 spiro atoms. The van der Waals surface area contributed by atoms with Gasteiger partial charge in [0.05, 0.1) is 11.3 Å². The summed E-state index contributed by atoms with van der Waals surface area (Å²) in [6.07, 6.45) is 2.21. The number of nitrogens with one attached hydrogen (secondary N) is 1. The van der Waals surface area contributed by atoms with Crippen LogP contribution in [0.1, 0.15) is 23.1 Å². The number of hydrogen-bond acceptors (Lipinski definition) is 3. The van der Waals surface area contributed by atoms with Crippen molar-refractivity contribution in [3.05, 3.63) is 53.1 Å². The molecule has 3 rings (SSSR count). The van der Waals surface area contributed by atoms with E-state index in [0.717, 1.165) is 36.4 Å². The van der Waals surface area contributed by atoms with E-state index < -0.39 is 0 Å². The van der Waals surface area contributed by atoms with Crippen molar-refractivity contribution in [2.45, 2.75) is 19.8 Å². The molecule has 3 heteroatoms. The van der Waals surface area contributed by atoms with Gasteiger partial charge in [-0.25, -0.2) is 0 Å². The standard InChI is InChI=1S/C17H16N2O/c1-12-7-8-14(11-18)16(10-12)20-15-6-2-4-13-5-3-9-19-17(13)15/h2,4,6-8,10,19H,3,5,9H2,1H3. The number of ether oxygens (including phenoxy) is 1. The first-order valence-electron chi connectivity index (χ1n) is 6.82. The Bertz CT molecular complexity index is 686. The smallest absolute Gasteiger partial charge is 0.150 e. The van der Waals surface area contributed by atoms with E-state index >= 15 is 0 Å². The second kappa shape index (κ2) is 5.26. The topological polar surface area (TPSA) is 45.0 Å². The Morgan fingerprint density at radius 2 is 2.10 bits per heavy atom. The Balaban J connectivity index is 2.00. The van der Waals surface area contributed by atoms with Crippen LogP contribution in [0.5, 0.6) is 11.5 Å². The first-order chi connectivity index (χ1) is 9.78. The minimum Gasteiger partial charge on any atom is -0.454 e. The van der Waals surface area contributed by atoms with Gasteiger partial charge in [0, 0.05) is 6.54 Å². The van der Waals surface area contributed by atoms with Crippen LogP contribution in [-0.2, 0) is 6.42 Å². The largest absolute Gasteiger partial charge is 0.454 e. The third-order valence-corrected chi connectivity index (χ3v) is 3.51. The van der Waals surface area contributed by atoms with Crippen LogP contribution in [0.3, 0.4) is 0 Å². The summed E-state index contributed by atoms with van der Waals surface area (Å²) >= 11 is 0. The summed E-state index contributed by atoms with van der Waals surface area (Å²) in [5.74, 6) is 1.41. The molecule has 0 unspecified atom stereocenters. The average Bonchev–Trinajstić information content (AvgIpc) is 2.48. The minimum absolute atomic E-state index is 0.559. The van der Waals surface area contributed by atoms with Gasteiger partial charge < -0.3 is 10.1 Å². The van der Waals surface area contributed by atoms with Crippen LogP contribution in [0.15, 0.2) is 36.4 Å². The lowest BCUT2D eigenvalue weighted by atomic mass is 10.0. The van der Waals surface area contributed by atoms with Gasteiger partial charge in [0.1, 0.15) is 11.8 Å². The number of fused-ring (bicyclic) bond motifs is 1. The summed E-state index contributed by atoms with van der Waals surface area (Å²) in [6.45, 7) is 2.96. The molecule has 0 radical (unpaired) electrons. The molecule has 1 aliphatic rings. The highest BCUT2D eigenvalue weighted by atomic mass is 16.5. The average molecular weight is 264 g/mol. The summed E-state index contributed by atoms with van der Waals surface area (Å²) in [6, 6.07) is 13.9. The van der Waals surface area contributed by atoms with E-state index in [9.17, 15) is 5.26 Å². The predicted molar refractivity (Wildman–Crippen MR) is 79.2 cm³/mol. The number of nitrogens with zero attached hydrogens (tertiary/aromatic N) is 1. The number of anilines is 1. The molecule has 0 amide bonds. The van der Waals surface area contributed by atoms with Crippen LogP contribution in [-0.4, -0.2) is 6.54 Å². The maximum absolute atomic E-state index is 9.18. The quantitative estimate of drug-likeness (QED) is 0.891. The molecular formula is C17H16N2O. The summed E-state index contributed by atoms with van der Waals surface area (Å²) < 4.78 is 5.99. The Labute approximate surface area is 118 Å². The Morgan fingerprint density at radius 3 is 2.95 bits per heavy atom. The number of hydrogen-bond donors (Lipinski definition) is 1. The molecule has 0 aliphatic carbocycles. The number of benzene rings is 2. The molecule has 0 saturated carbocycles. The van der Waals surface area contributed by atoms with Gasteiger partial charge in [-0.15, -0.1) is 0 Å². The van der Waals surface area contributed by atoms with Crippen molar-refractivity contribution in [1.82, 2.24) is 0 Å². The number of para-hydroxylation sites is 1. The lowest BCUT2D eigenvalue weighted by Crippen LogP contribution is -2.12. The molecule has 0 aromatic heterocycles. The Hall–Kier alpha value is -2.47. The zero-order valence-electron chi connectivity index (χ0n) is 11.4. The van der Waals surface area contributed by atoms with Crippen molar-refractivity contribution in [3.8, 4) is 17.6 Å². The molecule has 0 saturated heterocycles. The monoisotopic (exact) mass is 264 g/mol. The fourth-order valence-corrected chi connectivity index (χ4v) is 2.49. The van der Waals surface area contributed by atoms with E-state index in [1.165, 1.54) is 5.56 Å². The van der Waals surface area contributed by atoms with Gasteiger partial charge in [-0.05, 0) is 49.1 Å². The van der Waals surface area contributed by atoms with Gasteiger partial charge in [0.15, 0.2) is 5.75 Å². The third kappa shape index (κ3) is 2.33. The van der Waals surface area contributed by atoms with Crippen molar-refractivity contribution in [2.24, 2.45) is 0 Å². The van der Waals surface area contributed by atoms with E-state index in [0.29, 0.717) is 11.3 Å². The highest BCUT2D eigenvalue weighted by Crippen LogP contribution is 2.36. The zero-order valence-corrected chi connectivity index (χ0v) is 11.4. The Morgan fingerprint density at radius 1 is 1.20 bits per heavy atom. The zero-order chi connectivity index (χ0) is 13.9. The first kappa shape index (κ1) is 12.6. The first-order valence-corrected chi connectivity index (χ1v) is 6.82. The van der Waals surface area contributed by atoms with Crippen LogP contribution in [0.25, 0.3) is 0 Å². The van der Waals surface area contributed by atoms with Crippen molar-refractivity contribution in [2.75, 3.05) is 11.9 Å². The summed E-state index contributed by atoms with van der Waals surface area (Å²) in [5.41, 5.74) is 3.98. The van der Waals surface area contributed by atoms with Crippen LogP contribution < -0.4 is 10.1 Å². The number of aryl methyl sites for hydroxylation is 2. The van der Waals surface area contributed by atoms with E-state index in [4.69, 9.17) is 4.74 Å². The number of rotatable bonds is 2. The predicted octanol–water partition coefficient (Wildman–Crippen LogP) is 4.02. The highest BCUT2D eigenvalue weighted by molar-refractivity contribution is 5.64. The molecule has 3 nitrogen and oxygen atoms in total. The van der Waals surface area contributed by atoms with E-state index in [1.54, 1.807) is 6.07 Å². The van der Waals surface area contributed by atoms with Crippen molar-refractivity contribution in [3.63, 3.8) is 0 Å². The molecule has 100 valence electrons. The van der Waals surface area contributed by atoms with E-state index in [1.807, 2.05) is 31.2 Å². The molecule has 2 aromatic rings. The van der Waals surface area contributed by atoms with E-state index in [2.05, 4.69) is 17.5 Å². The summed E-state index contributed by atoms with van der Waals surface area (Å²) in [4.78, 5) is 0. The van der Waals surface area contributed by atoms with Gasteiger partial charge in [-0.2, -0.15) is 5.26 Å². The van der Waals surface area contributed by atoms with Crippen molar-refractivity contribution >= 4 is 5.69 Å². The van der Waals surface area contributed by atoms with Crippen LogP contribution in [0.4, 0.5) is 5.69 Å². The second-order valence-corrected chi connectivity index (χ2v) is 5.03. The maximum atomic E-state index is 9.18. The highest BCUT2D eigenvalue weighted by Gasteiger charge is 2.15. The fraction of sp³-hybridized carbons (Fsp3) is 0.235. The van der Waals surface area contributed by atoms with Gasteiger partial charge in [0.2, 0.25) is 0 Å². The maximum Gasteiger partial charge on any atom is 0.150 e. The number of nitriles is 1. The molecule has 0 bridgehead atoms. The Kier molecular flexibility index (Phi) is 3.30. The molecule has 20 heavy (non-hydrogen) atoms. The van der Waals surface area contributed by atoms with Crippen molar-refractivity contribution in [1.29, 1.82) is 5.26 Å². The van der Waals surface area contributed by atoms with Gasteiger partial charge in [-0.3, -0.25) is 0 Å². The lowest BCUT2D eigenvalue weighted by Gasteiger charge is -2.21. The SMILES string of the molecule is Cc1ccc(C#N)c(Oc2cccc3c2NCCC3)c1. The molecule has 1 aliphatic heterocycles. The minimum atomic E-state index is 0.559. The molecule has 2 aromatic carbocycles. The van der Waals surface area contributed by atoms with Gasteiger partial charge >= 0.3 is 0 Å².